The normalized spacial score (nSPS) is 11.0. The van der Waals surface area contributed by atoms with E-state index >= 15 is 0 Å². The fraction of sp³-hybridized carbons (Fsp3) is 0. The second kappa shape index (κ2) is 6.86. The van der Waals surface area contributed by atoms with Crippen LogP contribution in [0.15, 0.2) is 71.2 Å². The molecular formula is C19H12Cl2O2. The van der Waals surface area contributed by atoms with Crippen molar-refractivity contribution >= 4 is 35.1 Å². The minimum Gasteiger partial charge on any atom is -0.457 e. The van der Waals surface area contributed by atoms with E-state index in [-0.39, 0.29) is 5.78 Å². The average molecular weight is 343 g/mol. The Morgan fingerprint density at radius 2 is 1.65 bits per heavy atom. The van der Waals surface area contributed by atoms with Gasteiger partial charge in [0.05, 0.1) is 5.02 Å². The van der Waals surface area contributed by atoms with Crippen LogP contribution < -0.4 is 0 Å². The van der Waals surface area contributed by atoms with E-state index in [0.29, 0.717) is 27.1 Å². The molecule has 1 heterocycles. The van der Waals surface area contributed by atoms with Gasteiger partial charge in [-0.05, 0) is 60.7 Å². The first-order chi connectivity index (χ1) is 11.1. The van der Waals surface area contributed by atoms with Gasteiger partial charge in [-0.25, -0.2) is 0 Å². The summed E-state index contributed by atoms with van der Waals surface area (Å²) in [5.74, 6) is 1.13. The van der Waals surface area contributed by atoms with Crippen molar-refractivity contribution in [1.82, 2.24) is 0 Å². The minimum atomic E-state index is -0.114. The molecule has 0 saturated heterocycles. The molecule has 0 N–H and O–H groups in total. The smallest absolute Gasteiger partial charge is 0.185 e. The Kier molecular flexibility index (Phi) is 4.65. The van der Waals surface area contributed by atoms with E-state index in [2.05, 4.69) is 0 Å². The molecule has 0 unspecified atom stereocenters. The van der Waals surface area contributed by atoms with Crippen LogP contribution in [0.2, 0.25) is 10.0 Å². The summed E-state index contributed by atoms with van der Waals surface area (Å²) in [4.78, 5) is 12.1. The van der Waals surface area contributed by atoms with E-state index in [1.54, 1.807) is 42.5 Å². The molecule has 0 fully saturated rings. The van der Waals surface area contributed by atoms with Gasteiger partial charge < -0.3 is 4.42 Å². The monoisotopic (exact) mass is 342 g/mol. The first-order valence-corrected chi connectivity index (χ1v) is 7.72. The highest BCUT2D eigenvalue weighted by molar-refractivity contribution is 6.33. The average Bonchev–Trinajstić information content (AvgIpc) is 3.02. The number of halogens is 2. The summed E-state index contributed by atoms with van der Waals surface area (Å²) in [5.41, 5.74) is 1.39. The van der Waals surface area contributed by atoms with E-state index in [9.17, 15) is 4.79 Å². The van der Waals surface area contributed by atoms with Gasteiger partial charge in [0.2, 0.25) is 0 Å². The first kappa shape index (κ1) is 15.6. The first-order valence-electron chi connectivity index (χ1n) is 6.96. The molecule has 0 amide bonds. The van der Waals surface area contributed by atoms with Crippen molar-refractivity contribution in [1.29, 1.82) is 0 Å². The SMILES string of the molecule is O=C(C=Cc1ccc(-c2ccccc2Cl)o1)c1ccc(Cl)cc1. The van der Waals surface area contributed by atoms with Crippen LogP contribution in [0, 0.1) is 0 Å². The Labute approximate surface area is 144 Å². The van der Waals surface area contributed by atoms with Gasteiger partial charge in [-0.15, -0.1) is 0 Å². The van der Waals surface area contributed by atoms with E-state index < -0.39 is 0 Å². The molecule has 2 aromatic carbocycles. The molecule has 4 heteroatoms. The molecule has 23 heavy (non-hydrogen) atoms. The van der Waals surface area contributed by atoms with Gasteiger partial charge in [0.1, 0.15) is 11.5 Å². The number of furan rings is 1. The highest BCUT2D eigenvalue weighted by atomic mass is 35.5. The summed E-state index contributed by atoms with van der Waals surface area (Å²) < 4.78 is 5.71. The Morgan fingerprint density at radius 1 is 0.913 bits per heavy atom. The van der Waals surface area contributed by atoms with Gasteiger partial charge in [-0.1, -0.05) is 35.3 Å². The molecule has 3 rings (SSSR count). The van der Waals surface area contributed by atoms with E-state index in [1.165, 1.54) is 6.08 Å². The van der Waals surface area contributed by atoms with Crippen molar-refractivity contribution in [2.75, 3.05) is 0 Å². The summed E-state index contributed by atoms with van der Waals surface area (Å²) >= 11 is 12.0. The van der Waals surface area contributed by atoms with Gasteiger partial charge in [0, 0.05) is 16.1 Å². The van der Waals surface area contributed by atoms with Gasteiger partial charge in [-0.2, -0.15) is 0 Å². The molecule has 0 radical (unpaired) electrons. The topological polar surface area (TPSA) is 30.2 Å². The molecule has 0 spiro atoms. The lowest BCUT2D eigenvalue weighted by molar-refractivity contribution is 0.104. The summed E-state index contributed by atoms with van der Waals surface area (Å²) in [7, 11) is 0. The lowest BCUT2D eigenvalue weighted by Gasteiger charge is -1.99. The number of hydrogen-bond acceptors (Lipinski definition) is 2. The zero-order valence-electron chi connectivity index (χ0n) is 12.0. The summed E-state index contributed by atoms with van der Waals surface area (Å²) in [6.07, 6.45) is 3.11. The third-order valence-corrected chi connectivity index (χ3v) is 3.88. The number of benzene rings is 2. The van der Waals surface area contributed by atoms with Crippen LogP contribution in [-0.2, 0) is 0 Å². The van der Waals surface area contributed by atoms with Crippen LogP contribution >= 0.6 is 23.2 Å². The van der Waals surface area contributed by atoms with Crippen molar-refractivity contribution in [2.45, 2.75) is 0 Å². The van der Waals surface area contributed by atoms with Crippen molar-refractivity contribution in [2.24, 2.45) is 0 Å². The molecule has 114 valence electrons. The largest absolute Gasteiger partial charge is 0.457 e. The zero-order valence-corrected chi connectivity index (χ0v) is 13.5. The van der Waals surface area contributed by atoms with Crippen LogP contribution in [0.3, 0.4) is 0 Å². The molecule has 1 aromatic heterocycles. The van der Waals surface area contributed by atoms with Crippen LogP contribution in [0.5, 0.6) is 0 Å². The number of ketones is 1. The standard InChI is InChI=1S/C19H12Cl2O2/c20-14-7-5-13(6-8-14)18(22)11-9-15-10-12-19(23-15)16-3-1-2-4-17(16)21/h1-12H. The Balaban J connectivity index is 1.77. The van der Waals surface area contributed by atoms with Crippen LogP contribution in [0.25, 0.3) is 17.4 Å². The van der Waals surface area contributed by atoms with Gasteiger partial charge in [0.25, 0.3) is 0 Å². The maximum atomic E-state index is 12.1. The van der Waals surface area contributed by atoms with E-state index in [4.69, 9.17) is 27.6 Å². The van der Waals surface area contributed by atoms with Crippen LogP contribution in [-0.4, -0.2) is 5.78 Å². The number of carbonyl (C=O) groups is 1. The molecule has 3 aromatic rings. The maximum absolute atomic E-state index is 12.1. The molecule has 0 aliphatic heterocycles. The molecule has 0 atom stereocenters. The number of hydrogen-bond donors (Lipinski definition) is 0. The summed E-state index contributed by atoms with van der Waals surface area (Å²) in [6.45, 7) is 0. The zero-order chi connectivity index (χ0) is 16.2. The summed E-state index contributed by atoms with van der Waals surface area (Å²) in [6, 6.07) is 17.8. The highest BCUT2D eigenvalue weighted by Crippen LogP contribution is 2.29. The van der Waals surface area contributed by atoms with Gasteiger partial charge in [0.15, 0.2) is 5.78 Å². The second-order valence-corrected chi connectivity index (χ2v) is 5.73. The van der Waals surface area contributed by atoms with Crippen molar-refractivity contribution in [3.05, 3.63) is 88.1 Å². The third-order valence-electron chi connectivity index (χ3n) is 3.29. The minimum absolute atomic E-state index is 0.114. The van der Waals surface area contributed by atoms with Gasteiger partial charge >= 0.3 is 0 Å². The van der Waals surface area contributed by atoms with Crippen molar-refractivity contribution < 1.29 is 9.21 Å². The molecule has 0 bridgehead atoms. The molecule has 0 aliphatic rings. The fourth-order valence-electron chi connectivity index (χ4n) is 2.12. The highest BCUT2D eigenvalue weighted by Gasteiger charge is 2.07. The third kappa shape index (κ3) is 3.73. The second-order valence-electron chi connectivity index (χ2n) is 4.89. The van der Waals surface area contributed by atoms with E-state index in [0.717, 1.165) is 5.56 Å². The number of rotatable bonds is 4. The number of carbonyl (C=O) groups excluding carboxylic acids is 1. The predicted octanol–water partition coefficient (Wildman–Crippen LogP) is 6.15. The Morgan fingerprint density at radius 3 is 2.39 bits per heavy atom. The van der Waals surface area contributed by atoms with Crippen LogP contribution in [0.4, 0.5) is 0 Å². The quantitative estimate of drug-likeness (QED) is 0.420. The molecule has 0 saturated carbocycles. The van der Waals surface area contributed by atoms with Crippen molar-refractivity contribution in [3.63, 3.8) is 0 Å². The lowest BCUT2D eigenvalue weighted by Crippen LogP contribution is -1.92. The lowest BCUT2D eigenvalue weighted by atomic mass is 10.1. The Hall–Kier alpha value is -2.29. The predicted molar refractivity (Wildman–Crippen MR) is 94.0 cm³/mol. The van der Waals surface area contributed by atoms with Crippen LogP contribution in [0.1, 0.15) is 16.1 Å². The molecular weight excluding hydrogens is 331 g/mol. The molecule has 2 nitrogen and oxygen atoms in total. The van der Waals surface area contributed by atoms with Gasteiger partial charge in [-0.3, -0.25) is 4.79 Å². The van der Waals surface area contributed by atoms with E-state index in [1.807, 2.05) is 24.3 Å². The number of allylic oxidation sites excluding steroid dienone is 1. The fourth-order valence-corrected chi connectivity index (χ4v) is 2.47. The van der Waals surface area contributed by atoms with Crippen molar-refractivity contribution in [3.8, 4) is 11.3 Å². The summed E-state index contributed by atoms with van der Waals surface area (Å²) in [5, 5.41) is 1.22. The molecule has 0 aliphatic carbocycles. The maximum Gasteiger partial charge on any atom is 0.185 e. The Bertz CT molecular complexity index is 861.